The molecule has 0 saturated carbocycles. The van der Waals surface area contributed by atoms with Crippen LogP contribution in [0.15, 0.2) is 66.9 Å². The minimum Gasteiger partial charge on any atom is -0.307 e. The zero-order chi connectivity index (χ0) is 17.6. The minimum atomic E-state index is -0.313. The molecular weight excluding hydrogens is 341 g/mol. The number of hydrogen-bond donors (Lipinski definition) is 1. The van der Waals surface area contributed by atoms with Gasteiger partial charge in [-0.25, -0.2) is 9.07 Å². The Labute approximate surface area is 149 Å². The Bertz CT molecular complexity index is 903. The van der Waals surface area contributed by atoms with Gasteiger partial charge in [-0.15, -0.1) is 0 Å². The fraction of sp³-hybridized carbons (Fsp3) is 0.0526. The number of amides is 1. The fourth-order valence-electron chi connectivity index (χ4n) is 2.29. The van der Waals surface area contributed by atoms with Crippen molar-refractivity contribution in [3.05, 3.63) is 88.8 Å². The summed E-state index contributed by atoms with van der Waals surface area (Å²) in [6.45, 7) is 0.491. The summed E-state index contributed by atoms with van der Waals surface area (Å²) in [4.78, 5) is 12.1. The maximum absolute atomic E-state index is 12.9. The summed E-state index contributed by atoms with van der Waals surface area (Å²) in [6.07, 6.45) is 4.63. The topological polar surface area (TPSA) is 46.9 Å². The Morgan fingerprint density at radius 2 is 2.00 bits per heavy atom. The molecule has 0 bridgehead atoms. The number of carbonyl (C=O) groups excluding carboxylic acids is 1. The second-order valence-electron chi connectivity index (χ2n) is 5.38. The SMILES string of the molecule is O=C(C=Cc1ccc(F)cc1)Nc1ccnn1Cc1cccc(Cl)c1. The van der Waals surface area contributed by atoms with Gasteiger partial charge in [0.15, 0.2) is 0 Å². The van der Waals surface area contributed by atoms with Crippen molar-refractivity contribution in [1.82, 2.24) is 9.78 Å². The van der Waals surface area contributed by atoms with Crippen LogP contribution in [0.4, 0.5) is 10.2 Å². The molecule has 4 nitrogen and oxygen atoms in total. The highest BCUT2D eigenvalue weighted by molar-refractivity contribution is 6.30. The Morgan fingerprint density at radius 1 is 1.20 bits per heavy atom. The van der Waals surface area contributed by atoms with Gasteiger partial charge in [0, 0.05) is 17.2 Å². The molecule has 3 rings (SSSR count). The highest BCUT2D eigenvalue weighted by Gasteiger charge is 2.06. The molecule has 0 fully saturated rings. The van der Waals surface area contributed by atoms with E-state index in [0.717, 1.165) is 11.1 Å². The molecule has 0 spiro atoms. The van der Waals surface area contributed by atoms with Crippen molar-refractivity contribution in [3.8, 4) is 0 Å². The third-order valence-electron chi connectivity index (χ3n) is 3.49. The number of anilines is 1. The lowest BCUT2D eigenvalue weighted by Crippen LogP contribution is -2.13. The van der Waals surface area contributed by atoms with Crippen LogP contribution in [-0.4, -0.2) is 15.7 Å². The van der Waals surface area contributed by atoms with E-state index in [1.165, 1.54) is 18.2 Å². The van der Waals surface area contributed by atoms with Gasteiger partial charge in [-0.05, 0) is 41.5 Å². The molecule has 126 valence electrons. The number of carbonyl (C=O) groups is 1. The summed E-state index contributed by atoms with van der Waals surface area (Å²) in [6, 6.07) is 15.1. The van der Waals surface area contributed by atoms with E-state index in [-0.39, 0.29) is 11.7 Å². The van der Waals surface area contributed by atoms with Crippen LogP contribution < -0.4 is 5.32 Å². The Morgan fingerprint density at radius 3 is 2.76 bits per heavy atom. The molecule has 2 aromatic carbocycles. The molecule has 0 saturated heterocycles. The van der Waals surface area contributed by atoms with Gasteiger partial charge in [-0.3, -0.25) is 4.79 Å². The molecule has 25 heavy (non-hydrogen) atoms. The van der Waals surface area contributed by atoms with Crippen LogP contribution in [0, 0.1) is 5.82 Å². The van der Waals surface area contributed by atoms with Gasteiger partial charge < -0.3 is 5.32 Å². The normalized spacial score (nSPS) is 11.0. The maximum Gasteiger partial charge on any atom is 0.249 e. The molecule has 1 aromatic heterocycles. The van der Waals surface area contributed by atoms with Crippen molar-refractivity contribution in [1.29, 1.82) is 0 Å². The van der Waals surface area contributed by atoms with Gasteiger partial charge in [-0.2, -0.15) is 5.10 Å². The summed E-state index contributed by atoms with van der Waals surface area (Å²) in [5, 5.41) is 7.64. The van der Waals surface area contributed by atoms with E-state index in [2.05, 4.69) is 10.4 Å². The molecular formula is C19H15ClFN3O. The number of aromatic nitrogens is 2. The highest BCUT2D eigenvalue weighted by atomic mass is 35.5. The second kappa shape index (κ2) is 7.77. The first-order valence-corrected chi connectivity index (χ1v) is 7.99. The van der Waals surface area contributed by atoms with Crippen molar-refractivity contribution in [3.63, 3.8) is 0 Å². The van der Waals surface area contributed by atoms with Crippen LogP contribution in [0.25, 0.3) is 6.08 Å². The lowest BCUT2D eigenvalue weighted by molar-refractivity contribution is -0.111. The third kappa shape index (κ3) is 4.78. The van der Waals surface area contributed by atoms with E-state index in [9.17, 15) is 9.18 Å². The fourth-order valence-corrected chi connectivity index (χ4v) is 2.50. The van der Waals surface area contributed by atoms with Gasteiger partial charge in [0.1, 0.15) is 11.6 Å². The molecule has 0 atom stereocenters. The quantitative estimate of drug-likeness (QED) is 0.690. The van der Waals surface area contributed by atoms with Gasteiger partial charge >= 0.3 is 0 Å². The standard InChI is InChI=1S/C19H15ClFN3O/c20-16-3-1-2-15(12-16)13-24-18(10-11-22-24)23-19(25)9-6-14-4-7-17(21)8-5-14/h1-12H,13H2,(H,23,25). The predicted molar refractivity (Wildman–Crippen MR) is 96.8 cm³/mol. The predicted octanol–water partition coefficient (Wildman–Crippen LogP) is 4.38. The maximum atomic E-state index is 12.9. The van der Waals surface area contributed by atoms with Gasteiger partial charge in [-0.1, -0.05) is 35.9 Å². The van der Waals surface area contributed by atoms with Gasteiger partial charge in [0.25, 0.3) is 0 Å². The molecule has 1 amide bonds. The second-order valence-corrected chi connectivity index (χ2v) is 5.81. The number of nitrogens with zero attached hydrogens (tertiary/aromatic N) is 2. The zero-order valence-electron chi connectivity index (χ0n) is 13.2. The summed E-state index contributed by atoms with van der Waals surface area (Å²) in [5.41, 5.74) is 1.72. The lowest BCUT2D eigenvalue weighted by atomic mass is 10.2. The Balaban J connectivity index is 1.66. The van der Waals surface area contributed by atoms with Crippen LogP contribution in [0.2, 0.25) is 5.02 Å². The van der Waals surface area contributed by atoms with Crippen LogP contribution in [0.1, 0.15) is 11.1 Å². The van der Waals surface area contributed by atoms with Gasteiger partial charge in [0.2, 0.25) is 5.91 Å². The summed E-state index contributed by atoms with van der Waals surface area (Å²) >= 11 is 5.99. The highest BCUT2D eigenvalue weighted by Crippen LogP contribution is 2.14. The molecule has 1 N–H and O–H groups in total. The Kier molecular flexibility index (Phi) is 5.26. The number of halogens is 2. The Hall–Kier alpha value is -2.92. The van der Waals surface area contributed by atoms with E-state index >= 15 is 0 Å². The molecule has 0 aliphatic carbocycles. The largest absolute Gasteiger partial charge is 0.307 e. The molecule has 0 aliphatic rings. The van der Waals surface area contributed by atoms with E-state index in [0.29, 0.717) is 17.4 Å². The van der Waals surface area contributed by atoms with Crippen molar-refractivity contribution in [2.45, 2.75) is 6.54 Å². The number of benzene rings is 2. The molecule has 6 heteroatoms. The van der Waals surface area contributed by atoms with Crippen molar-refractivity contribution >= 4 is 29.4 Å². The van der Waals surface area contributed by atoms with E-state index in [4.69, 9.17) is 11.6 Å². The molecule has 0 radical (unpaired) electrons. The minimum absolute atomic E-state index is 0.294. The zero-order valence-corrected chi connectivity index (χ0v) is 13.9. The van der Waals surface area contributed by atoms with Crippen LogP contribution >= 0.6 is 11.6 Å². The van der Waals surface area contributed by atoms with Crippen LogP contribution in [0.3, 0.4) is 0 Å². The molecule has 3 aromatic rings. The van der Waals surface area contributed by atoms with E-state index in [1.807, 2.05) is 18.2 Å². The summed E-state index contributed by atoms with van der Waals surface area (Å²) in [5.74, 6) is -0.0302. The van der Waals surface area contributed by atoms with Crippen molar-refractivity contribution in [2.75, 3.05) is 5.32 Å². The monoisotopic (exact) mass is 355 g/mol. The average molecular weight is 356 g/mol. The van der Waals surface area contributed by atoms with Gasteiger partial charge in [0.05, 0.1) is 12.7 Å². The summed E-state index contributed by atoms with van der Waals surface area (Å²) < 4.78 is 14.5. The molecule has 0 aliphatic heterocycles. The third-order valence-corrected chi connectivity index (χ3v) is 3.72. The number of nitrogens with one attached hydrogen (secondary N) is 1. The van der Waals surface area contributed by atoms with Crippen LogP contribution in [0.5, 0.6) is 0 Å². The smallest absolute Gasteiger partial charge is 0.249 e. The van der Waals surface area contributed by atoms with Crippen molar-refractivity contribution in [2.24, 2.45) is 0 Å². The van der Waals surface area contributed by atoms with E-state index in [1.54, 1.807) is 41.2 Å². The number of rotatable bonds is 5. The lowest BCUT2D eigenvalue weighted by Gasteiger charge is -2.08. The van der Waals surface area contributed by atoms with E-state index < -0.39 is 0 Å². The first-order chi connectivity index (χ1) is 12.1. The first-order valence-electron chi connectivity index (χ1n) is 7.61. The molecule has 1 heterocycles. The number of hydrogen-bond acceptors (Lipinski definition) is 2. The molecule has 0 unspecified atom stereocenters. The first kappa shape index (κ1) is 16.9. The van der Waals surface area contributed by atoms with Crippen molar-refractivity contribution < 1.29 is 9.18 Å². The summed E-state index contributed by atoms with van der Waals surface area (Å²) in [7, 11) is 0. The average Bonchev–Trinajstić information content (AvgIpc) is 3.01. The van der Waals surface area contributed by atoms with Crippen LogP contribution in [-0.2, 0) is 11.3 Å².